The van der Waals surface area contributed by atoms with Gasteiger partial charge in [-0.1, -0.05) is 30.3 Å². The standard InChI is InChI=1S/C15H20N3/c1-12(2)18(16,17)15-10-8-14(9-11-15)13-6-4-3-5-7-13/h3-12H,16-17H2,1-2H3/q+1. The maximum Gasteiger partial charge on any atom is 0.171 e. The summed E-state index contributed by atoms with van der Waals surface area (Å²) in [6, 6.07) is 18.5. The van der Waals surface area contributed by atoms with Gasteiger partial charge in [-0.25, -0.2) is 0 Å². The van der Waals surface area contributed by atoms with Crippen LogP contribution >= 0.6 is 0 Å². The Morgan fingerprint density at radius 1 is 0.778 bits per heavy atom. The van der Waals surface area contributed by atoms with Gasteiger partial charge in [-0.15, -0.1) is 4.70 Å². The van der Waals surface area contributed by atoms with Gasteiger partial charge in [-0.2, -0.15) is 11.7 Å². The van der Waals surface area contributed by atoms with E-state index in [1.54, 1.807) is 0 Å². The van der Waals surface area contributed by atoms with E-state index in [1.807, 2.05) is 44.2 Å². The molecule has 2 rings (SSSR count). The van der Waals surface area contributed by atoms with E-state index in [2.05, 4.69) is 24.3 Å². The summed E-state index contributed by atoms with van der Waals surface area (Å²) in [5.74, 6) is 12.2. The molecule has 0 saturated heterocycles. The molecule has 0 fully saturated rings. The molecule has 0 saturated carbocycles. The summed E-state index contributed by atoms with van der Waals surface area (Å²) >= 11 is 0. The van der Waals surface area contributed by atoms with E-state index >= 15 is 0 Å². The molecular weight excluding hydrogens is 222 g/mol. The first-order chi connectivity index (χ1) is 8.51. The van der Waals surface area contributed by atoms with Crippen LogP contribution in [-0.4, -0.2) is 6.04 Å². The molecule has 0 radical (unpaired) electrons. The van der Waals surface area contributed by atoms with E-state index < -0.39 is 0 Å². The lowest BCUT2D eigenvalue weighted by atomic mass is 10.1. The van der Waals surface area contributed by atoms with E-state index in [0.717, 1.165) is 5.69 Å². The zero-order valence-electron chi connectivity index (χ0n) is 10.9. The Kier molecular flexibility index (Phi) is 3.48. The average molecular weight is 242 g/mol. The SMILES string of the molecule is CC(C)[N+](N)(N)c1ccc(-c2ccccc2)cc1. The second kappa shape index (κ2) is 4.90. The van der Waals surface area contributed by atoms with Crippen molar-refractivity contribution in [2.75, 3.05) is 0 Å². The minimum Gasteiger partial charge on any atom is -0.156 e. The van der Waals surface area contributed by atoms with Gasteiger partial charge in [-0.3, -0.25) is 0 Å². The van der Waals surface area contributed by atoms with Gasteiger partial charge in [0.2, 0.25) is 0 Å². The van der Waals surface area contributed by atoms with E-state index in [4.69, 9.17) is 11.7 Å². The quantitative estimate of drug-likeness (QED) is 0.494. The number of quaternary nitrogens is 1. The summed E-state index contributed by atoms with van der Waals surface area (Å²) in [5, 5.41) is 0. The topological polar surface area (TPSA) is 52.0 Å². The van der Waals surface area contributed by atoms with Crippen LogP contribution in [0.3, 0.4) is 0 Å². The molecule has 0 heterocycles. The number of hydrogen-bond donors (Lipinski definition) is 2. The van der Waals surface area contributed by atoms with Gasteiger partial charge in [0, 0.05) is 12.1 Å². The van der Waals surface area contributed by atoms with Crippen LogP contribution in [0.4, 0.5) is 5.69 Å². The lowest BCUT2D eigenvalue weighted by molar-refractivity contribution is 0.234. The Balaban J connectivity index is 2.32. The third-order valence-corrected chi connectivity index (χ3v) is 3.28. The molecule has 18 heavy (non-hydrogen) atoms. The normalized spacial score (nSPS) is 11.8. The Bertz CT molecular complexity index is 501. The molecule has 94 valence electrons. The van der Waals surface area contributed by atoms with Crippen molar-refractivity contribution < 1.29 is 0 Å². The van der Waals surface area contributed by atoms with Crippen LogP contribution in [0.15, 0.2) is 54.6 Å². The third-order valence-electron chi connectivity index (χ3n) is 3.28. The Hall–Kier alpha value is -1.68. The van der Waals surface area contributed by atoms with E-state index in [1.165, 1.54) is 11.1 Å². The summed E-state index contributed by atoms with van der Waals surface area (Å²) in [6.07, 6.45) is 0. The molecule has 0 amide bonds. The molecule has 0 unspecified atom stereocenters. The fourth-order valence-corrected chi connectivity index (χ4v) is 1.84. The average Bonchev–Trinajstić information content (AvgIpc) is 2.40. The fraction of sp³-hybridized carbons (Fsp3) is 0.200. The summed E-state index contributed by atoms with van der Waals surface area (Å²) < 4.78 is -0.0882. The lowest BCUT2D eigenvalue weighted by Crippen LogP contribution is -2.66. The highest BCUT2D eigenvalue weighted by Gasteiger charge is 2.25. The van der Waals surface area contributed by atoms with Crippen LogP contribution < -0.4 is 16.4 Å². The number of nitrogens with two attached hydrogens (primary N) is 2. The number of rotatable bonds is 3. The van der Waals surface area contributed by atoms with Gasteiger partial charge in [0.05, 0.1) is 0 Å². The molecule has 0 aromatic heterocycles. The predicted octanol–water partition coefficient (Wildman–Crippen LogP) is 2.82. The number of hydrogen-bond acceptors (Lipinski definition) is 2. The lowest BCUT2D eigenvalue weighted by Gasteiger charge is -2.30. The van der Waals surface area contributed by atoms with E-state index in [-0.39, 0.29) is 10.7 Å². The molecule has 0 spiro atoms. The molecule has 0 atom stereocenters. The summed E-state index contributed by atoms with van der Waals surface area (Å²) in [7, 11) is 0. The number of nitrogens with zero attached hydrogens (tertiary/aromatic N) is 1. The fourth-order valence-electron chi connectivity index (χ4n) is 1.84. The summed E-state index contributed by atoms with van der Waals surface area (Å²) in [4.78, 5) is 0. The zero-order valence-corrected chi connectivity index (χ0v) is 10.9. The predicted molar refractivity (Wildman–Crippen MR) is 77.2 cm³/mol. The van der Waals surface area contributed by atoms with Gasteiger partial charge in [0.25, 0.3) is 0 Å². The van der Waals surface area contributed by atoms with Crippen molar-refractivity contribution in [1.82, 2.24) is 4.70 Å². The Morgan fingerprint density at radius 2 is 1.28 bits per heavy atom. The second-order valence-electron chi connectivity index (χ2n) is 4.84. The minimum atomic E-state index is -0.0882. The maximum absolute atomic E-state index is 6.08. The third kappa shape index (κ3) is 2.43. The highest BCUT2D eigenvalue weighted by atomic mass is 15.8. The molecular formula is C15H20N3+. The first-order valence-electron chi connectivity index (χ1n) is 6.13. The molecule has 0 aliphatic carbocycles. The smallest absolute Gasteiger partial charge is 0.156 e. The molecule has 0 aliphatic heterocycles. The monoisotopic (exact) mass is 242 g/mol. The van der Waals surface area contributed by atoms with Crippen molar-refractivity contribution >= 4 is 5.69 Å². The van der Waals surface area contributed by atoms with Crippen molar-refractivity contribution in [3.05, 3.63) is 54.6 Å². The maximum atomic E-state index is 6.08. The van der Waals surface area contributed by atoms with Gasteiger partial charge in [0.1, 0.15) is 6.04 Å². The Labute approximate surface area is 108 Å². The van der Waals surface area contributed by atoms with Crippen molar-refractivity contribution in [3.63, 3.8) is 0 Å². The van der Waals surface area contributed by atoms with Gasteiger partial charge in [0.15, 0.2) is 5.69 Å². The molecule has 3 nitrogen and oxygen atoms in total. The van der Waals surface area contributed by atoms with Crippen LogP contribution in [0, 0.1) is 0 Å². The number of benzene rings is 2. The van der Waals surface area contributed by atoms with Crippen LogP contribution in [0.1, 0.15) is 13.8 Å². The van der Waals surface area contributed by atoms with Crippen LogP contribution in [0.5, 0.6) is 0 Å². The van der Waals surface area contributed by atoms with Crippen molar-refractivity contribution in [2.24, 2.45) is 11.7 Å². The summed E-state index contributed by atoms with van der Waals surface area (Å²) in [5.41, 5.74) is 3.27. The molecule has 0 bridgehead atoms. The van der Waals surface area contributed by atoms with Gasteiger partial charge >= 0.3 is 0 Å². The van der Waals surface area contributed by atoms with E-state index in [9.17, 15) is 0 Å². The van der Waals surface area contributed by atoms with E-state index in [0.29, 0.717) is 0 Å². The molecule has 0 aliphatic rings. The van der Waals surface area contributed by atoms with Gasteiger partial charge < -0.3 is 0 Å². The molecule has 2 aromatic rings. The largest absolute Gasteiger partial charge is 0.171 e. The first kappa shape index (κ1) is 12.8. The van der Waals surface area contributed by atoms with Crippen LogP contribution in [0.2, 0.25) is 0 Å². The van der Waals surface area contributed by atoms with Crippen molar-refractivity contribution in [3.8, 4) is 11.1 Å². The molecule has 4 N–H and O–H groups in total. The molecule has 3 heteroatoms. The van der Waals surface area contributed by atoms with Crippen molar-refractivity contribution in [2.45, 2.75) is 19.9 Å². The minimum absolute atomic E-state index is 0.0882. The highest BCUT2D eigenvalue weighted by Crippen LogP contribution is 2.24. The van der Waals surface area contributed by atoms with Crippen LogP contribution in [-0.2, 0) is 0 Å². The Morgan fingerprint density at radius 3 is 1.78 bits per heavy atom. The summed E-state index contributed by atoms with van der Waals surface area (Å²) in [6.45, 7) is 4.01. The van der Waals surface area contributed by atoms with Crippen molar-refractivity contribution in [1.29, 1.82) is 0 Å². The zero-order chi connectivity index (χ0) is 13.2. The first-order valence-corrected chi connectivity index (χ1v) is 6.13. The highest BCUT2D eigenvalue weighted by molar-refractivity contribution is 5.65. The van der Waals surface area contributed by atoms with Gasteiger partial charge in [-0.05, 0) is 37.1 Å². The second-order valence-corrected chi connectivity index (χ2v) is 4.84. The molecule has 2 aromatic carbocycles. The van der Waals surface area contributed by atoms with Crippen LogP contribution in [0.25, 0.3) is 11.1 Å².